The molecule has 50 valence electrons. The van der Waals surface area contributed by atoms with E-state index in [1.807, 2.05) is 0 Å². The molecule has 0 spiro atoms. The molecule has 1 rings (SSSR count). The van der Waals surface area contributed by atoms with Gasteiger partial charge in [-0.3, -0.25) is 0 Å². The Bertz CT molecular complexity index is 176. The minimum Gasteiger partial charge on any atom is -0.348 e. The molecule has 0 bridgehead atoms. The maximum Gasteiger partial charge on any atom is 0.265 e. The number of aromatic nitrogens is 4. The summed E-state index contributed by atoms with van der Waals surface area (Å²) >= 11 is 0. The van der Waals surface area contributed by atoms with Crippen LogP contribution in [-0.4, -0.2) is 30.4 Å². The van der Waals surface area contributed by atoms with Gasteiger partial charge < -0.3 is 10.2 Å². The Hall–Kier alpha value is -1.01. The zero-order valence-corrected chi connectivity index (χ0v) is 4.76. The Labute approximate surface area is 50.7 Å². The second kappa shape index (κ2) is 1.74. The Morgan fingerprint density at radius 3 is 2.44 bits per heavy atom. The molecule has 9 heavy (non-hydrogen) atoms. The summed E-state index contributed by atoms with van der Waals surface area (Å²) in [5, 5.41) is 27.2. The van der Waals surface area contributed by atoms with Gasteiger partial charge in [0.05, 0.1) is 0 Å². The van der Waals surface area contributed by atoms with Crippen LogP contribution in [0.15, 0.2) is 6.33 Å². The lowest BCUT2D eigenvalue weighted by molar-refractivity contribution is -0.221. The first-order valence-electron chi connectivity index (χ1n) is 2.29. The molecule has 2 N–H and O–H groups in total. The van der Waals surface area contributed by atoms with Gasteiger partial charge in [0.25, 0.3) is 5.91 Å². The van der Waals surface area contributed by atoms with E-state index in [0.717, 1.165) is 17.9 Å². The molecular weight excluding hydrogens is 124 g/mol. The molecule has 1 aromatic heterocycles. The molecule has 0 aromatic carbocycles. The van der Waals surface area contributed by atoms with Crippen LogP contribution in [0.3, 0.4) is 0 Å². The molecule has 0 amide bonds. The van der Waals surface area contributed by atoms with Gasteiger partial charge in [-0.2, -0.15) is 4.68 Å². The number of aliphatic hydroxyl groups is 2. The van der Waals surface area contributed by atoms with Crippen molar-refractivity contribution in [1.82, 2.24) is 20.2 Å². The predicted octanol–water partition coefficient (Wildman–Crippen LogP) is -1.71. The predicted molar refractivity (Wildman–Crippen MR) is 25.9 cm³/mol. The van der Waals surface area contributed by atoms with Crippen LogP contribution < -0.4 is 0 Å². The summed E-state index contributed by atoms with van der Waals surface area (Å²) in [6.45, 7) is 1.16. The normalized spacial score (nSPS) is 11.9. The molecule has 0 aliphatic heterocycles. The lowest BCUT2D eigenvalue weighted by atomic mass is 10.6. The maximum absolute atomic E-state index is 8.75. The summed E-state index contributed by atoms with van der Waals surface area (Å²) in [5.74, 6) is -2.00. The van der Waals surface area contributed by atoms with Crippen molar-refractivity contribution < 1.29 is 10.2 Å². The van der Waals surface area contributed by atoms with Gasteiger partial charge in [-0.1, -0.05) is 0 Å². The molecule has 0 saturated heterocycles. The van der Waals surface area contributed by atoms with E-state index in [2.05, 4.69) is 15.5 Å². The van der Waals surface area contributed by atoms with Crippen molar-refractivity contribution >= 4 is 0 Å². The number of hydrogen-bond donors (Lipinski definition) is 2. The highest BCUT2D eigenvalue weighted by Crippen LogP contribution is 2.00. The summed E-state index contributed by atoms with van der Waals surface area (Å²) in [6, 6.07) is 0. The molecule has 0 aliphatic rings. The molecule has 0 fully saturated rings. The second-order valence-corrected chi connectivity index (χ2v) is 1.73. The molecule has 0 unspecified atom stereocenters. The van der Waals surface area contributed by atoms with Gasteiger partial charge in [-0.05, 0) is 10.4 Å². The van der Waals surface area contributed by atoms with Gasteiger partial charge in [0.1, 0.15) is 6.33 Å². The molecule has 0 saturated carbocycles. The van der Waals surface area contributed by atoms with E-state index in [4.69, 9.17) is 10.2 Å². The fourth-order valence-electron chi connectivity index (χ4n) is 0.355. The maximum atomic E-state index is 8.75. The van der Waals surface area contributed by atoms with Gasteiger partial charge in [0.2, 0.25) is 0 Å². The van der Waals surface area contributed by atoms with E-state index in [9.17, 15) is 0 Å². The minimum atomic E-state index is -2.00. The summed E-state index contributed by atoms with van der Waals surface area (Å²) < 4.78 is 0.826. The quantitative estimate of drug-likeness (QED) is 0.442. The summed E-state index contributed by atoms with van der Waals surface area (Å²) in [5.41, 5.74) is 0. The first-order chi connectivity index (χ1) is 4.11. The standard InChI is InChI=1S/C3H6N4O2/c1-3(8,9)7-2-4-5-6-7/h2,8-9H,1H3. The van der Waals surface area contributed by atoms with Crippen molar-refractivity contribution in [2.45, 2.75) is 12.8 Å². The van der Waals surface area contributed by atoms with Crippen molar-refractivity contribution in [3.05, 3.63) is 6.33 Å². The van der Waals surface area contributed by atoms with Crippen LogP contribution in [0.25, 0.3) is 0 Å². The highest BCUT2D eigenvalue weighted by atomic mass is 16.5. The van der Waals surface area contributed by atoms with Crippen molar-refractivity contribution in [2.24, 2.45) is 0 Å². The van der Waals surface area contributed by atoms with Crippen LogP contribution in [0.2, 0.25) is 0 Å². The SMILES string of the molecule is CC(O)(O)n1cnnn1. The van der Waals surface area contributed by atoms with E-state index in [-0.39, 0.29) is 0 Å². The Balaban J connectivity index is 2.90. The second-order valence-electron chi connectivity index (χ2n) is 1.73. The Kier molecular flexibility index (Phi) is 1.19. The third kappa shape index (κ3) is 1.21. The van der Waals surface area contributed by atoms with Crippen LogP contribution in [0, 0.1) is 0 Å². The zero-order valence-electron chi connectivity index (χ0n) is 4.76. The summed E-state index contributed by atoms with van der Waals surface area (Å²) in [6.07, 6.45) is 1.11. The van der Waals surface area contributed by atoms with Crippen LogP contribution in [0.5, 0.6) is 0 Å². The minimum absolute atomic E-state index is 0.826. The van der Waals surface area contributed by atoms with Gasteiger partial charge in [-0.15, -0.1) is 5.10 Å². The van der Waals surface area contributed by atoms with E-state index in [1.54, 1.807) is 0 Å². The van der Waals surface area contributed by atoms with Crippen LogP contribution in [0.1, 0.15) is 6.92 Å². The van der Waals surface area contributed by atoms with Crippen molar-refractivity contribution in [2.75, 3.05) is 0 Å². The number of nitrogens with zero attached hydrogens (tertiary/aromatic N) is 4. The van der Waals surface area contributed by atoms with Gasteiger partial charge in [-0.25, -0.2) is 0 Å². The Morgan fingerprint density at radius 1 is 1.56 bits per heavy atom. The molecular formula is C3H6N4O2. The number of tetrazole rings is 1. The molecule has 6 nitrogen and oxygen atoms in total. The van der Waals surface area contributed by atoms with Crippen molar-refractivity contribution in [3.8, 4) is 0 Å². The molecule has 0 aliphatic carbocycles. The van der Waals surface area contributed by atoms with Crippen molar-refractivity contribution in [3.63, 3.8) is 0 Å². The van der Waals surface area contributed by atoms with Crippen molar-refractivity contribution in [1.29, 1.82) is 0 Å². The van der Waals surface area contributed by atoms with Gasteiger partial charge in [0, 0.05) is 6.92 Å². The molecule has 0 atom stereocenters. The monoisotopic (exact) mass is 130 g/mol. The average molecular weight is 130 g/mol. The third-order valence-electron chi connectivity index (χ3n) is 0.783. The number of hydrogen-bond acceptors (Lipinski definition) is 5. The van der Waals surface area contributed by atoms with E-state index >= 15 is 0 Å². The Morgan fingerprint density at radius 2 is 2.22 bits per heavy atom. The third-order valence-corrected chi connectivity index (χ3v) is 0.783. The number of rotatable bonds is 1. The average Bonchev–Trinajstić information content (AvgIpc) is 2.08. The lowest BCUT2D eigenvalue weighted by Crippen LogP contribution is -2.29. The lowest BCUT2D eigenvalue weighted by Gasteiger charge is -2.12. The zero-order chi connectivity index (χ0) is 6.91. The molecule has 1 aromatic rings. The highest BCUT2D eigenvalue weighted by molar-refractivity contribution is 4.53. The van der Waals surface area contributed by atoms with E-state index in [0.29, 0.717) is 0 Å². The summed E-state index contributed by atoms with van der Waals surface area (Å²) in [4.78, 5) is 0. The fraction of sp³-hybridized carbons (Fsp3) is 0.667. The molecule has 0 radical (unpaired) electrons. The van der Waals surface area contributed by atoms with Gasteiger partial charge in [0.15, 0.2) is 0 Å². The van der Waals surface area contributed by atoms with Crippen LogP contribution in [0.4, 0.5) is 0 Å². The first-order valence-corrected chi connectivity index (χ1v) is 2.29. The molecule has 6 heteroatoms. The highest BCUT2D eigenvalue weighted by Gasteiger charge is 2.18. The smallest absolute Gasteiger partial charge is 0.265 e. The summed E-state index contributed by atoms with van der Waals surface area (Å²) in [7, 11) is 0. The topological polar surface area (TPSA) is 84.1 Å². The van der Waals surface area contributed by atoms with Crippen LogP contribution >= 0.6 is 0 Å². The fourth-order valence-corrected chi connectivity index (χ4v) is 0.355. The van der Waals surface area contributed by atoms with Crippen LogP contribution in [-0.2, 0) is 5.91 Å². The van der Waals surface area contributed by atoms with E-state index in [1.165, 1.54) is 0 Å². The van der Waals surface area contributed by atoms with E-state index < -0.39 is 5.91 Å². The first kappa shape index (κ1) is 6.12. The molecule has 1 heterocycles. The van der Waals surface area contributed by atoms with Gasteiger partial charge >= 0.3 is 0 Å². The largest absolute Gasteiger partial charge is 0.348 e.